The monoisotopic (exact) mass is 351 g/mol. The number of nitrogens with zero attached hydrogens (tertiary/aromatic N) is 2. The predicted molar refractivity (Wildman–Crippen MR) is 97.6 cm³/mol. The van der Waals surface area contributed by atoms with Crippen molar-refractivity contribution in [3.63, 3.8) is 0 Å². The third-order valence-electron chi connectivity index (χ3n) is 5.07. The van der Waals surface area contributed by atoms with E-state index in [1.54, 1.807) is 4.90 Å². The van der Waals surface area contributed by atoms with Gasteiger partial charge in [-0.15, -0.1) is 12.4 Å². The summed E-state index contributed by atoms with van der Waals surface area (Å²) in [7, 11) is 0. The first-order valence-electron chi connectivity index (χ1n) is 8.51. The lowest BCUT2D eigenvalue weighted by atomic mass is 9.90. The van der Waals surface area contributed by atoms with E-state index in [0.29, 0.717) is 17.9 Å². The van der Waals surface area contributed by atoms with Crippen LogP contribution in [0.4, 0.5) is 5.69 Å². The maximum Gasteiger partial charge on any atom is 0.253 e. The normalized spacial score (nSPS) is 20.0. The maximum atomic E-state index is 12.6. The van der Waals surface area contributed by atoms with Gasteiger partial charge >= 0.3 is 0 Å². The minimum atomic E-state index is 0. The molecule has 24 heavy (non-hydrogen) atoms. The van der Waals surface area contributed by atoms with E-state index in [1.165, 1.54) is 0 Å². The molecule has 0 spiro atoms. The minimum absolute atomic E-state index is 0. The number of amides is 2. The van der Waals surface area contributed by atoms with Gasteiger partial charge in [0.25, 0.3) is 5.91 Å². The van der Waals surface area contributed by atoms with Crippen LogP contribution < -0.4 is 10.6 Å². The SMILES string of the molecule is CC(N)C1CCN(C(=O)c2ccc(N3CCCC3=O)cc2)CC1.Cl. The Bertz CT molecular complexity index is 580. The molecule has 2 fully saturated rings. The molecule has 0 radical (unpaired) electrons. The molecule has 3 rings (SSSR count). The highest BCUT2D eigenvalue weighted by Gasteiger charge is 2.26. The zero-order chi connectivity index (χ0) is 16.4. The molecule has 0 bridgehead atoms. The zero-order valence-electron chi connectivity index (χ0n) is 14.1. The quantitative estimate of drug-likeness (QED) is 0.909. The van der Waals surface area contributed by atoms with Crippen molar-refractivity contribution < 1.29 is 9.59 Å². The molecule has 1 aromatic rings. The van der Waals surface area contributed by atoms with Crippen LogP contribution in [0.25, 0.3) is 0 Å². The first kappa shape index (κ1) is 18.7. The predicted octanol–water partition coefficient (Wildman–Crippen LogP) is 2.43. The van der Waals surface area contributed by atoms with Gasteiger partial charge in [-0.05, 0) is 56.4 Å². The third kappa shape index (κ3) is 3.90. The number of hydrogen-bond donors (Lipinski definition) is 1. The van der Waals surface area contributed by atoms with E-state index in [2.05, 4.69) is 0 Å². The molecule has 1 aromatic carbocycles. The Morgan fingerprint density at radius 2 is 1.79 bits per heavy atom. The second-order valence-corrected chi connectivity index (χ2v) is 6.68. The van der Waals surface area contributed by atoms with Crippen LogP contribution in [0.15, 0.2) is 24.3 Å². The highest BCUT2D eigenvalue weighted by Crippen LogP contribution is 2.24. The fourth-order valence-corrected chi connectivity index (χ4v) is 3.52. The largest absolute Gasteiger partial charge is 0.339 e. The molecule has 2 saturated heterocycles. The Morgan fingerprint density at radius 3 is 2.29 bits per heavy atom. The van der Waals surface area contributed by atoms with E-state index in [4.69, 9.17) is 5.73 Å². The topological polar surface area (TPSA) is 66.6 Å². The van der Waals surface area contributed by atoms with Crippen LogP contribution >= 0.6 is 12.4 Å². The molecule has 6 heteroatoms. The Hall–Kier alpha value is -1.59. The Balaban J connectivity index is 0.00000208. The number of carbonyl (C=O) groups excluding carboxylic acids is 2. The molecule has 0 aliphatic carbocycles. The summed E-state index contributed by atoms with van der Waals surface area (Å²) in [5.41, 5.74) is 7.53. The average molecular weight is 352 g/mol. The summed E-state index contributed by atoms with van der Waals surface area (Å²) in [6.45, 7) is 4.37. The number of benzene rings is 1. The van der Waals surface area contributed by atoms with Crippen molar-refractivity contribution in [2.45, 2.75) is 38.6 Å². The second kappa shape index (κ2) is 7.99. The second-order valence-electron chi connectivity index (χ2n) is 6.68. The Morgan fingerprint density at radius 1 is 1.17 bits per heavy atom. The lowest BCUT2D eigenvalue weighted by molar-refractivity contribution is -0.117. The molecule has 5 nitrogen and oxygen atoms in total. The molecular formula is C18H26ClN3O2. The van der Waals surface area contributed by atoms with Crippen molar-refractivity contribution in [1.82, 2.24) is 4.90 Å². The van der Waals surface area contributed by atoms with Crippen molar-refractivity contribution in [3.8, 4) is 0 Å². The molecule has 2 amide bonds. The molecule has 2 N–H and O–H groups in total. The first-order valence-corrected chi connectivity index (χ1v) is 8.51. The van der Waals surface area contributed by atoms with Crippen molar-refractivity contribution >= 4 is 29.9 Å². The molecule has 2 heterocycles. The molecule has 0 saturated carbocycles. The van der Waals surface area contributed by atoms with Crippen LogP contribution in [0.3, 0.4) is 0 Å². The maximum absolute atomic E-state index is 12.6. The lowest BCUT2D eigenvalue weighted by Gasteiger charge is -2.33. The minimum Gasteiger partial charge on any atom is -0.339 e. The van der Waals surface area contributed by atoms with Crippen molar-refractivity contribution in [2.24, 2.45) is 11.7 Å². The van der Waals surface area contributed by atoms with Gasteiger partial charge < -0.3 is 15.5 Å². The molecule has 1 atom stereocenters. The van der Waals surface area contributed by atoms with Crippen LogP contribution in [-0.4, -0.2) is 42.4 Å². The molecule has 2 aliphatic rings. The van der Waals surface area contributed by atoms with Gasteiger partial charge in [-0.1, -0.05) is 0 Å². The van der Waals surface area contributed by atoms with E-state index in [0.717, 1.165) is 44.6 Å². The third-order valence-corrected chi connectivity index (χ3v) is 5.07. The number of likely N-dealkylation sites (tertiary alicyclic amines) is 1. The summed E-state index contributed by atoms with van der Waals surface area (Å²) in [6, 6.07) is 7.63. The summed E-state index contributed by atoms with van der Waals surface area (Å²) in [5, 5.41) is 0. The van der Waals surface area contributed by atoms with E-state index < -0.39 is 0 Å². The molecule has 1 unspecified atom stereocenters. The number of hydrogen-bond acceptors (Lipinski definition) is 3. The number of rotatable bonds is 3. The summed E-state index contributed by atoms with van der Waals surface area (Å²) in [6.07, 6.45) is 3.48. The number of halogens is 1. The summed E-state index contributed by atoms with van der Waals surface area (Å²) >= 11 is 0. The van der Waals surface area contributed by atoms with Gasteiger partial charge in [0.05, 0.1) is 0 Å². The van der Waals surface area contributed by atoms with E-state index in [1.807, 2.05) is 36.1 Å². The van der Waals surface area contributed by atoms with Gasteiger partial charge in [0.1, 0.15) is 0 Å². The number of carbonyl (C=O) groups is 2. The standard InChI is InChI=1S/C18H25N3O2.ClH/c1-13(19)14-8-11-20(12-9-14)18(23)15-4-6-16(7-5-15)21-10-2-3-17(21)22;/h4-7,13-14H,2-3,8-12,19H2,1H3;1H. The van der Waals surface area contributed by atoms with E-state index in [9.17, 15) is 9.59 Å². The van der Waals surface area contributed by atoms with Crippen molar-refractivity contribution in [3.05, 3.63) is 29.8 Å². The number of anilines is 1. The van der Waals surface area contributed by atoms with Gasteiger partial charge in [-0.25, -0.2) is 0 Å². The van der Waals surface area contributed by atoms with Crippen LogP contribution in [0.1, 0.15) is 43.0 Å². The number of nitrogens with two attached hydrogens (primary N) is 1. The fraction of sp³-hybridized carbons (Fsp3) is 0.556. The van der Waals surface area contributed by atoms with Gasteiger partial charge in [-0.2, -0.15) is 0 Å². The smallest absolute Gasteiger partial charge is 0.253 e. The first-order chi connectivity index (χ1) is 11.1. The van der Waals surface area contributed by atoms with Gasteiger partial charge in [0, 0.05) is 43.3 Å². The fourth-order valence-electron chi connectivity index (χ4n) is 3.52. The Kier molecular flexibility index (Phi) is 6.24. The molecule has 0 aromatic heterocycles. The van der Waals surface area contributed by atoms with Crippen molar-refractivity contribution in [1.29, 1.82) is 0 Å². The highest BCUT2D eigenvalue weighted by molar-refractivity contribution is 5.97. The number of piperidine rings is 1. The molecule has 132 valence electrons. The highest BCUT2D eigenvalue weighted by atomic mass is 35.5. The van der Waals surface area contributed by atoms with Crippen LogP contribution in [0.2, 0.25) is 0 Å². The van der Waals surface area contributed by atoms with Gasteiger partial charge in [0.2, 0.25) is 5.91 Å². The van der Waals surface area contributed by atoms with E-state index >= 15 is 0 Å². The lowest BCUT2D eigenvalue weighted by Crippen LogP contribution is -2.42. The zero-order valence-corrected chi connectivity index (χ0v) is 14.9. The van der Waals surface area contributed by atoms with Crippen LogP contribution in [-0.2, 0) is 4.79 Å². The molecular weight excluding hydrogens is 326 g/mol. The van der Waals surface area contributed by atoms with Crippen molar-refractivity contribution in [2.75, 3.05) is 24.5 Å². The summed E-state index contributed by atoms with van der Waals surface area (Å²) in [5.74, 6) is 0.761. The van der Waals surface area contributed by atoms with Crippen LogP contribution in [0.5, 0.6) is 0 Å². The van der Waals surface area contributed by atoms with Crippen LogP contribution in [0, 0.1) is 5.92 Å². The summed E-state index contributed by atoms with van der Waals surface area (Å²) in [4.78, 5) is 28.1. The van der Waals surface area contributed by atoms with Gasteiger partial charge in [0.15, 0.2) is 0 Å². The Labute approximate surface area is 149 Å². The van der Waals surface area contributed by atoms with E-state index in [-0.39, 0.29) is 30.3 Å². The average Bonchev–Trinajstić information content (AvgIpc) is 3.00. The molecule has 2 aliphatic heterocycles. The van der Waals surface area contributed by atoms with Gasteiger partial charge in [-0.3, -0.25) is 9.59 Å². The summed E-state index contributed by atoms with van der Waals surface area (Å²) < 4.78 is 0.